The Kier molecular flexibility index (Phi) is 8.61. The number of rotatable bonds is 9. The van der Waals surface area contributed by atoms with Gasteiger partial charge in [0.05, 0.1) is 0 Å². The molecule has 0 fully saturated rings. The minimum atomic E-state index is -1.11. The van der Waals surface area contributed by atoms with E-state index in [-0.39, 0.29) is 31.1 Å². The second-order valence-corrected chi connectivity index (χ2v) is 4.05. The van der Waals surface area contributed by atoms with Crippen LogP contribution in [0.4, 0.5) is 0 Å². The summed E-state index contributed by atoms with van der Waals surface area (Å²) in [6.07, 6.45) is 2.33. The van der Waals surface area contributed by atoms with Gasteiger partial charge in [0.15, 0.2) is 0 Å². The first-order chi connectivity index (χ1) is 8.51. The molecule has 0 aliphatic heterocycles. The van der Waals surface area contributed by atoms with Crippen molar-refractivity contribution in [3.63, 3.8) is 0 Å². The van der Waals surface area contributed by atoms with E-state index in [1.807, 2.05) is 6.92 Å². The van der Waals surface area contributed by atoms with Crippen LogP contribution in [0.2, 0.25) is 0 Å². The lowest BCUT2D eigenvalue weighted by molar-refractivity contribution is -0.142. The van der Waals surface area contributed by atoms with Crippen molar-refractivity contribution in [2.45, 2.75) is 52.0 Å². The molecule has 0 aromatic rings. The Morgan fingerprint density at radius 1 is 1.17 bits per heavy atom. The van der Waals surface area contributed by atoms with Gasteiger partial charge in [-0.15, -0.1) is 0 Å². The Hall–Kier alpha value is -1.59. The summed E-state index contributed by atoms with van der Waals surface area (Å²) < 4.78 is 0. The molecule has 6 nitrogen and oxygen atoms in total. The van der Waals surface area contributed by atoms with Crippen molar-refractivity contribution in [2.24, 2.45) is 0 Å². The summed E-state index contributed by atoms with van der Waals surface area (Å²) in [5.41, 5.74) is 0. The number of amides is 2. The highest BCUT2D eigenvalue weighted by molar-refractivity contribution is 5.84. The zero-order valence-corrected chi connectivity index (χ0v) is 11.0. The average molecular weight is 258 g/mol. The lowest BCUT2D eigenvalue weighted by Gasteiger charge is -2.13. The highest BCUT2D eigenvalue weighted by atomic mass is 16.4. The first-order valence-corrected chi connectivity index (χ1v) is 6.30. The van der Waals surface area contributed by atoms with Crippen LogP contribution >= 0.6 is 0 Å². The van der Waals surface area contributed by atoms with Crippen molar-refractivity contribution in [3.05, 3.63) is 0 Å². The number of carbonyl (C=O) groups excluding carboxylic acids is 2. The lowest BCUT2D eigenvalue weighted by Crippen LogP contribution is -2.41. The normalized spacial score (nSPS) is 11.7. The summed E-state index contributed by atoms with van der Waals surface area (Å²) in [7, 11) is 0. The number of hydrogen-bond donors (Lipinski definition) is 3. The van der Waals surface area contributed by atoms with Crippen molar-refractivity contribution < 1.29 is 19.5 Å². The first kappa shape index (κ1) is 16.4. The van der Waals surface area contributed by atoms with Gasteiger partial charge in [0.2, 0.25) is 11.8 Å². The molecule has 0 spiro atoms. The van der Waals surface area contributed by atoms with Crippen LogP contribution < -0.4 is 10.6 Å². The molecule has 2 amide bonds. The Balaban J connectivity index is 3.99. The van der Waals surface area contributed by atoms with Crippen LogP contribution in [-0.4, -0.2) is 35.5 Å². The third-order valence-corrected chi connectivity index (χ3v) is 2.47. The van der Waals surface area contributed by atoms with Crippen LogP contribution in [-0.2, 0) is 14.4 Å². The molecule has 0 saturated heterocycles. The second-order valence-electron chi connectivity index (χ2n) is 4.05. The van der Waals surface area contributed by atoms with E-state index in [0.29, 0.717) is 6.54 Å². The molecule has 0 heterocycles. The monoisotopic (exact) mass is 258 g/mol. The molecule has 3 N–H and O–H groups in total. The van der Waals surface area contributed by atoms with E-state index in [4.69, 9.17) is 5.11 Å². The summed E-state index contributed by atoms with van der Waals surface area (Å²) >= 11 is 0. The summed E-state index contributed by atoms with van der Waals surface area (Å²) in [6, 6.07) is -0.991. The number of carboxylic acid groups (broad SMARTS) is 1. The van der Waals surface area contributed by atoms with Crippen molar-refractivity contribution in [3.8, 4) is 0 Å². The zero-order valence-electron chi connectivity index (χ0n) is 11.0. The number of nitrogens with one attached hydrogen (secondary N) is 2. The maximum absolute atomic E-state index is 11.4. The summed E-state index contributed by atoms with van der Waals surface area (Å²) in [4.78, 5) is 33.4. The molecule has 0 rings (SSSR count). The summed E-state index contributed by atoms with van der Waals surface area (Å²) in [5, 5.41) is 14.0. The molecule has 0 saturated carbocycles. The van der Waals surface area contributed by atoms with E-state index >= 15 is 0 Å². The van der Waals surface area contributed by atoms with Crippen LogP contribution in [0.5, 0.6) is 0 Å². The second kappa shape index (κ2) is 9.44. The summed E-state index contributed by atoms with van der Waals surface area (Å²) in [5.74, 6) is -1.62. The van der Waals surface area contributed by atoms with Crippen molar-refractivity contribution in [1.82, 2.24) is 10.6 Å². The minimum absolute atomic E-state index is 0.102. The Morgan fingerprint density at radius 3 is 2.33 bits per heavy atom. The van der Waals surface area contributed by atoms with Gasteiger partial charge in [0, 0.05) is 19.4 Å². The topological polar surface area (TPSA) is 95.5 Å². The largest absolute Gasteiger partial charge is 0.480 e. The van der Waals surface area contributed by atoms with Crippen molar-refractivity contribution >= 4 is 17.8 Å². The molecule has 1 unspecified atom stereocenters. The highest BCUT2D eigenvalue weighted by Gasteiger charge is 2.19. The fourth-order valence-corrected chi connectivity index (χ4v) is 1.32. The van der Waals surface area contributed by atoms with Gasteiger partial charge in [0.1, 0.15) is 6.04 Å². The molecule has 0 bridgehead atoms. The Bertz CT molecular complexity index is 292. The summed E-state index contributed by atoms with van der Waals surface area (Å²) in [6.45, 7) is 4.27. The molecular formula is C12H22N2O4. The number of aliphatic carboxylic acids is 1. The van der Waals surface area contributed by atoms with E-state index in [2.05, 4.69) is 10.6 Å². The van der Waals surface area contributed by atoms with Gasteiger partial charge in [-0.25, -0.2) is 4.79 Å². The van der Waals surface area contributed by atoms with Gasteiger partial charge in [-0.3, -0.25) is 9.59 Å². The maximum Gasteiger partial charge on any atom is 0.326 e. The quantitative estimate of drug-likeness (QED) is 0.529. The lowest BCUT2D eigenvalue weighted by atomic mass is 10.1. The predicted molar refractivity (Wildman–Crippen MR) is 67.0 cm³/mol. The SMILES string of the molecule is CCCCNC(=O)CCC(NC(=O)CC)C(=O)O. The Labute approximate surface area is 107 Å². The minimum Gasteiger partial charge on any atom is -0.480 e. The molecule has 18 heavy (non-hydrogen) atoms. The van der Waals surface area contributed by atoms with Crippen molar-refractivity contribution in [2.75, 3.05) is 6.54 Å². The van der Waals surface area contributed by atoms with E-state index < -0.39 is 12.0 Å². The number of carboxylic acids is 1. The third kappa shape index (κ3) is 7.65. The van der Waals surface area contributed by atoms with Gasteiger partial charge in [0.25, 0.3) is 0 Å². The zero-order chi connectivity index (χ0) is 14.0. The molecule has 0 aromatic carbocycles. The third-order valence-electron chi connectivity index (χ3n) is 2.47. The molecular weight excluding hydrogens is 236 g/mol. The van der Waals surface area contributed by atoms with Gasteiger partial charge in [-0.1, -0.05) is 20.3 Å². The van der Waals surface area contributed by atoms with Gasteiger partial charge in [-0.2, -0.15) is 0 Å². The fourth-order valence-electron chi connectivity index (χ4n) is 1.32. The smallest absolute Gasteiger partial charge is 0.326 e. The van der Waals surface area contributed by atoms with Crippen LogP contribution in [0.15, 0.2) is 0 Å². The molecule has 1 atom stereocenters. The predicted octanol–water partition coefficient (Wildman–Crippen LogP) is 0.662. The molecule has 0 radical (unpaired) electrons. The first-order valence-electron chi connectivity index (χ1n) is 6.30. The van der Waals surface area contributed by atoms with Crippen molar-refractivity contribution in [1.29, 1.82) is 0 Å². The fraction of sp³-hybridized carbons (Fsp3) is 0.750. The van der Waals surface area contributed by atoms with E-state index in [1.165, 1.54) is 0 Å². The molecule has 0 aromatic heterocycles. The Morgan fingerprint density at radius 2 is 1.83 bits per heavy atom. The van der Waals surface area contributed by atoms with Crippen LogP contribution in [0, 0.1) is 0 Å². The molecule has 0 aliphatic rings. The molecule has 104 valence electrons. The van der Waals surface area contributed by atoms with Gasteiger partial charge >= 0.3 is 5.97 Å². The van der Waals surface area contributed by atoms with Gasteiger partial charge < -0.3 is 15.7 Å². The maximum atomic E-state index is 11.4. The van der Waals surface area contributed by atoms with Crippen LogP contribution in [0.3, 0.4) is 0 Å². The van der Waals surface area contributed by atoms with Crippen LogP contribution in [0.1, 0.15) is 46.0 Å². The number of hydrogen-bond acceptors (Lipinski definition) is 3. The average Bonchev–Trinajstić information content (AvgIpc) is 2.34. The molecule has 0 aliphatic carbocycles. The van der Waals surface area contributed by atoms with E-state index in [0.717, 1.165) is 12.8 Å². The number of unbranched alkanes of at least 4 members (excludes halogenated alkanes) is 1. The highest BCUT2D eigenvalue weighted by Crippen LogP contribution is 1.99. The van der Waals surface area contributed by atoms with Gasteiger partial charge in [-0.05, 0) is 12.8 Å². The number of carbonyl (C=O) groups is 3. The standard InChI is InChI=1S/C12H22N2O4/c1-3-5-8-13-11(16)7-6-9(12(17)18)14-10(15)4-2/h9H,3-8H2,1-2H3,(H,13,16)(H,14,15)(H,17,18). The van der Waals surface area contributed by atoms with E-state index in [9.17, 15) is 14.4 Å². The molecule has 6 heteroatoms. The van der Waals surface area contributed by atoms with E-state index in [1.54, 1.807) is 6.92 Å². The van der Waals surface area contributed by atoms with Crippen LogP contribution in [0.25, 0.3) is 0 Å².